The van der Waals surface area contributed by atoms with Crippen molar-refractivity contribution in [2.45, 2.75) is 31.7 Å². The summed E-state index contributed by atoms with van der Waals surface area (Å²) in [6.45, 7) is 2.67. The molecule has 110 valence electrons. The molecule has 1 aliphatic rings. The number of rotatable bonds is 6. The average molecular weight is 277 g/mol. The molecular weight excluding hydrogens is 254 g/mol. The van der Waals surface area contributed by atoms with Crippen molar-refractivity contribution in [2.24, 2.45) is 0 Å². The minimum atomic E-state index is 0.162. The second kappa shape index (κ2) is 7.79. The van der Waals surface area contributed by atoms with Crippen molar-refractivity contribution in [2.75, 3.05) is 31.6 Å². The van der Waals surface area contributed by atoms with Crippen molar-refractivity contribution >= 4 is 11.9 Å². The Bertz CT molecular complexity index is 403. The number of hydrogen-bond acceptors (Lipinski definition) is 5. The maximum Gasteiger partial charge on any atom is 0.225 e. The molecule has 0 radical (unpaired) electrons. The largest absolute Gasteiger partial charge is 0.353 e. The number of amides is 1. The van der Waals surface area contributed by atoms with Crippen LogP contribution in [0.3, 0.4) is 0 Å². The highest BCUT2D eigenvalue weighted by atomic mass is 16.1. The molecule has 0 aromatic carbocycles. The van der Waals surface area contributed by atoms with Gasteiger partial charge in [-0.25, -0.2) is 9.97 Å². The predicted molar refractivity (Wildman–Crippen MR) is 78.6 cm³/mol. The number of nitrogens with zero attached hydrogens (tertiary/aromatic N) is 3. The van der Waals surface area contributed by atoms with Gasteiger partial charge in [0.1, 0.15) is 0 Å². The molecule has 1 aromatic heterocycles. The van der Waals surface area contributed by atoms with Gasteiger partial charge >= 0.3 is 0 Å². The van der Waals surface area contributed by atoms with Gasteiger partial charge in [0.05, 0.1) is 0 Å². The molecule has 0 unspecified atom stereocenters. The summed E-state index contributed by atoms with van der Waals surface area (Å²) in [6, 6.07) is 2.11. The van der Waals surface area contributed by atoms with Gasteiger partial charge in [0.25, 0.3) is 0 Å². The minimum absolute atomic E-state index is 0.162. The summed E-state index contributed by atoms with van der Waals surface area (Å²) in [7, 11) is 1.90. The minimum Gasteiger partial charge on any atom is -0.353 e. The Morgan fingerprint density at radius 3 is 2.70 bits per heavy atom. The zero-order valence-electron chi connectivity index (χ0n) is 12.0. The van der Waals surface area contributed by atoms with Crippen molar-refractivity contribution in [3.05, 3.63) is 18.5 Å². The second-order valence-electron chi connectivity index (χ2n) is 5.08. The zero-order chi connectivity index (χ0) is 14.2. The fourth-order valence-corrected chi connectivity index (χ4v) is 2.40. The first kappa shape index (κ1) is 14.7. The molecular formula is C14H23N5O. The Hall–Kier alpha value is -1.69. The molecule has 2 rings (SSSR count). The lowest BCUT2D eigenvalue weighted by molar-refractivity contribution is -0.122. The van der Waals surface area contributed by atoms with Crippen LogP contribution in [0.4, 0.5) is 5.95 Å². The Morgan fingerprint density at radius 2 is 2.05 bits per heavy atom. The molecule has 1 amide bonds. The van der Waals surface area contributed by atoms with E-state index in [2.05, 4.69) is 25.5 Å². The highest BCUT2D eigenvalue weighted by Gasteiger charge is 2.21. The smallest absolute Gasteiger partial charge is 0.225 e. The molecule has 6 nitrogen and oxygen atoms in total. The summed E-state index contributed by atoms with van der Waals surface area (Å²) in [4.78, 5) is 22.4. The molecule has 0 spiro atoms. The highest BCUT2D eigenvalue weighted by molar-refractivity contribution is 5.76. The first-order chi connectivity index (χ1) is 9.79. The quantitative estimate of drug-likeness (QED) is 0.744. The van der Waals surface area contributed by atoms with Crippen LogP contribution < -0.4 is 15.5 Å². The Kier molecular flexibility index (Phi) is 5.73. The first-order valence-electron chi connectivity index (χ1n) is 7.25. The van der Waals surface area contributed by atoms with Crippen LogP contribution in [-0.2, 0) is 4.79 Å². The van der Waals surface area contributed by atoms with Crippen LogP contribution in [0.2, 0.25) is 0 Å². The van der Waals surface area contributed by atoms with Crippen molar-refractivity contribution in [3.63, 3.8) is 0 Å². The van der Waals surface area contributed by atoms with Crippen molar-refractivity contribution in [1.29, 1.82) is 0 Å². The fourth-order valence-electron chi connectivity index (χ4n) is 2.40. The molecule has 2 heterocycles. The standard InChI is InChI=1S/C14H23N5O/c1-15-7-2-4-13(20)18-12-5-10-19(11-6-12)14-16-8-3-9-17-14/h3,8-9,12,15H,2,4-7,10-11H2,1H3,(H,18,20). The van der Waals surface area contributed by atoms with E-state index in [0.717, 1.165) is 44.8 Å². The third-order valence-electron chi connectivity index (χ3n) is 3.53. The third kappa shape index (κ3) is 4.45. The maximum atomic E-state index is 11.8. The van der Waals surface area contributed by atoms with E-state index in [1.807, 2.05) is 13.1 Å². The SMILES string of the molecule is CNCCCC(=O)NC1CCN(c2ncccn2)CC1. The van der Waals surface area contributed by atoms with Crippen LogP contribution in [0.15, 0.2) is 18.5 Å². The van der Waals surface area contributed by atoms with E-state index in [0.29, 0.717) is 6.42 Å². The Labute approximate surface area is 120 Å². The van der Waals surface area contributed by atoms with Crippen LogP contribution in [0.1, 0.15) is 25.7 Å². The van der Waals surface area contributed by atoms with E-state index in [4.69, 9.17) is 0 Å². The molecule has 1 fully saturated rings. The van der Waals surface area contributed by atoms with Gasteiger partial charge in [-0.05, 0) is 38.9 Å². The monoisotopic (exact) mass is 277 g/mol. The predicted octanol–water partition coefficient (Wildman–Crippen LogP) is 0.561. The van der Waals surface area contributed by atoms with Crippen LogP contribution in [-0.4, -0.2) is 48.6 Å². The lowest BCUT2D eigenvalue weighted by Gasteiger charge is -2.32. The van der Waals surface area contributed by atoms with Gasteiger partial charge in [0, 0.05) is 37.9 Å². The number of carbonyl (C=O) groups excluding carboxylic acids is 1. The summed E-state index contributed by atoms with van der Waals surface area (Å²) in [5, 5.41) is 6.17. The van der Waals surface area contributed by atoms with Gasteiger partial charge in [0.15, 0.2) is 0 Å². The molecule has 2 N–H and O–H groups in total. The Balaban J connectivity index is 1.70. The number of nitrogens with one attached hydrogen (secondary N) is 2. The van der Waals surface area contributed by atoms with E-state index in [1.165, 1.54) is 0 Å². The van der Waals surface area contributed by atoms with Gasteiger partial charge in [-0.15, -0.1) is 0 Å². The molecule has 1 aromatic rings. The maximum absolute atomic E-state index is 11.8. The van der Waals surface area contributed by atoms with E-state index in [1.54, 1.807) is 12.4 Å². The van der Waals surface area contributed by atoms with Crippen LogP contribution in [0, 0.1) is 0 Å². The molecule has 1 aliphatic heterocycles. The van der Waals surface area contributed by atoms with Gasteiger partial charge in [-0.3, -0.25) is 4.79 Å². The van der Waals surface area contributed by atoms with E-state index < -0.39 is 0 Å². The van der Waals surface area contributed by atoms with Crippen LogP contribution >= 0.6 is 0 Å². The number of piperidine rings is 1. The van der Waals surface area contributed by atoms with Crippen molar-refractivity contribution in [1.82, 2.24) is 20.6 Å². The summed E-state index contributed by atoms with van der Waals surface area (Å²) >= 11 is 0. The molecule has 1 saturated heterocycles. The average Bonchev–Trinajstić information content (AvgIpc) is 2.49. The molecule has 0 aliphatic carbocycles. The number of hydrogen-bond donors (Lipinski definition) is 2. The Morgan fingerprint density at radius 1 is 1.35 bits per heavy atom. The first-order valence-corrected chi connectivity index (χ1v) is 7.25. The zero-order valence-corrected chi connectivity index (χ0v) is 12.0. The summed E-state index contributed by atoms with van der Waals surface area (Å²) in [5.41, 5.74) is 0. The summed E-state index contributed by atoms with van der Waals surface area (Å²) in [5.74, 6) is 0.945. The normalized spacial score (nSPS) is 16.1. The van der Waals surface area contributed by atoms with Gasteiger partial charge in [-0.1, -0.05) is 0 Å². The van der Waals surface area contributed by atoms with Gasteiger partial charge in [0.2, 0.25) is 11.9 Å². The van der Waals surface area contributed by atoms with Crippen molar-refractivity contribution in [3.8, 4) is 0 Å². The third-order valence-corrected chi connectivity index (χ3v) is 3.53. The fraction of sp³-hybridized carbons (Fsp3) is 0.643. The van der Waals surface area contributed by atoms with E-state index in [-0.39, 0.29) is 11.9 Å². The van der Waals surface area contributed by atoms with E-state index >= 15 is 0 Å². The lowest BCUT2D eigenvalue weighted by atomic mass is 10.1. The number of aromatic nitrogens is 2. The molecule has 0 saturated carbocycles. The molecule has 6 heteroatoms. The molecule has 0 atom stereocenters. The molecule has 0 bridgehead atoms. The van der Waals surface area contributed by atoms with Gasteiger partial charge < -0.3 is 15.5 Å². The summed E-state index contributed by atoms with van der Waals surface area (Å²) < 4.78 is 0. The summed E-state index contributed by atoms with van der Waals surface area (Å²) in [6.07, 6.45) is 6.92. The lowest BCUT2D eigenvalue weighted by Crippen LogP contribution is -2.45. The van der Waals surface area contributed by atoms with Crippen LogP contribution in [0.5, 0.6) is 0 Å². The second-order valence-corrected chi connectivity index (χ2v) is 5.08. The van der Waals surface area contributed by atoms with Gasteiger partial charge in [-0.2, -0.15) is 0 Å². The number of carbonyl (C=O) groups is 1. The topological polar surface area (TPSA) is 70.2 Å². The number of anilines is 1. The van der Waals surface area contributed by atoms with Crippen molar-refractivity contribution < 1.29 is 4.79 Å². The highest BCUT2D eigenvalue weighted by Crippen LogP contribution is 2.15. The van der Waals surface area contributed by atoms with Crippen LogP contribution in [0.25, 0.3) is 0 Å². The van der Waals surface area contributed by atoms with E-state index in [9.17, 15) is 4.79 Å². The molecule has 20 heavy (non-hydrogen) atoms.